The van der Waals surface area contributed by atoms with Gasteiger partial charge in [0.1, 0.15) is 11.9 Å². The summed E-state index contributed by atoms with van der Waals surface area (Å²) >= 11 is 0. The molecule has 1 amide bonds. The molecule has 0 bridgehead atoms. The van der Waals surface area contributed by atoms with Crippen LogP contribution in [-0.4, -0.2) is 44.8 Å². The van der Waals surface area contributed by atoms with Crippen molar-refractivity contribution in [2.24, 2.45) is 68.0 Å². The van der Waals surface area contributed by atoms with Gasteiger partial charge < -0.3 is 20.1 Å². The Morgan fingerprint density at radius 3 is 2.20 bits per heavy atom. The SMILES string of the molecule is CC(C)C1=C2[C@H]3CC[C@@H]4[C@@]5(C)CC[C@H](OC(=O)[C@H]6C[C@@H](C(=O)O)C6(C)C)C(C)(C)[C@@H]5CC[C@@]4(C)[C@]3(C)CC[C@@]2(C(=O)NC(C)(C)c2ncc(-c3ccccc3)[nH]2)CC1=O. The molecule has 0 spiro atoms. The van der Waals surface area contributed by atoms with Crippen molar-refractivity contribution in [3.8, 4) is 11.3 Å². The van der Waals surface area contributed by atoms with E-state index >= 15 is 4.79 Å². The Morgan fingerprint density at radius 1 is 0.864 bits per heavy atom. The summed E-state index contributed by atoms with van der Waals surface area (Å²) in [5.74, 6) is -0.247. The van der Waals surface area contributed by atoms with E-state index in [-0.39, 0.29) is 63.7 Å². The van der Waals surface area contributed by atoms with Gasteiger partial charge >= 0.3 is 11.9 Å². The molecule has 1 aromatic heterocycles. The first-order chi connectivity index (χ1) is 27.5. The fraction of sp³-hybridized carbons (Fsp3) is 0.700. The van der Waals surface area contributed by atoms with Crippen LogP contribution in [0.15, 0.2) is 47.7 Å². The molecule has 5 saturated carbocycles. The third-order valence-corrected chi connectivity index (χ3v) is 18.6. The van der Waals surface area contributed by atoms with Crippen LogP contribution in [-0.2, 0) is 29.5 Å². The van der Waals surface area contributed by atoms with Crippen LogP contribution < -0.4 is 5.32 Å². The van der Waals surface area contributed by atoms with Crippen molar-refractivity contribution in [2.45, 2.75) is 152 Å². The van der Waals surface area contributed by atoms with Crippen molar-refractivity contribution in [3.63, 3.8) is 0 Å². The van der Waals surface area contributed by atoms with E-state index in [1.54, 1.807) is 0 Å². The van der Waals surface area contributed by atoms with E-state index in [2.05, 4.69) is 58.8 Å². The Bertz CT molecular complexity index is 2100. The molecule has 10 atom stereocenters. The maximum atomic E-state index is 15.1. The number of imidazole rings is 1. The molecule has 3 N–H and O–H groups in total. The Hall–Kier alpha value is -3.75. The van der Waals surface area contributed by atoms with Crippen molar-refractivity contribution in [2.75, 3.05) is 0 Å². The second-order valence-corrected chi connectivity index (χ2v) is 22.7. The molecule has 320 valence electrons. The smallest absolute Gasteiger partial charge is 0.309 e. The average molecular weight is 808 g/mol. The lowest BCUT2D eigenvalue weighted by atomic mass is 9.33. The summed E-state index contributed by atoms with van der Waals surface area (Å²) in [6.45, 7) is 24.2. The Labute approximate surface area is 351 Å². The predicted octanol–water partition coefficient (Wildman–Crippen LogP) is 10.1. The number of amides is 1. The molecule has 8 rings (SSSR count). The molecule has 0 unspecified atom stereocenters. The monoisotopic (exact) mass is 808 g/mol. The van der Waals surface area contributed by atoms with Gasteiger partial charge in [0.05, 0.1) is 34.7 Å². The number of ketones is 1. The Morgan fingerprint density at radius 2 is 1.56 bits per heavy atom. The van der Waals surface area contributed by atoms with Gasteiger partial charge in [-0.15, -0.1) is 0 Å². The van der Waals surface area contributed by atoms with Crippen molar-refractivity contribution >= 4 is 23.6 Å². The lowest BCUT2D eigenvalue weighted by Crippen LogP contribution is -2.66. The number of fused-ring (bicyclic) bond motifs is 7. The third kappa shape index (κ3) is 5.91. The molecular weight excluding hydrogens is 739 g/mol. The number of carbonyl (C=O) groups is 4. The molecule has 0 saturated heterocycles. The first-order valence-corrected chi connectivity index (χ1v) is 22.6. The topological polar surface area (TPSA) is 138 Å². The molecule has 1 aromatic carbocycles. The van der Waals surface area contributed by atoms with Crippen LogP contribution in [0, 0.1) is 68.0 Å². The lowest BCUT2D eigenvalue weighted by molar-refractivity contribution is -0.236. The third-order valence-electron chi connectivity index (χ3n) is 18.6. The second-order valence-electron chi connectivity index (χ2n) is 22.7. The number of allylic oxidation sites excluding steroid dienone is 1. The van der Waals surface area contributed by atoms with Gasteiger partial charge in [-0.25, -0.2) is 4.98 Å². The highest BCUT2D eigenvalue weighted by Gasteiger charge is 2.71. The molecule has 2 aromatic rings. The molecule has 0 aliphatic heterocycles. The molecule has 0 radical (unpaired) electrons. The highest BCUT2D eigenvalue weighted by molar-refractivity contribution is 6.07. The van der Waals surface area contributed by atoms with Gasteiger partial charge in [-0.1, -0.05) is 92.6 Å². The zero-order valence-electron chi connectivity index (χ0n) is 37.5. The number of carboxylic acid groups (broad SMARTS) is 1. The minimum Gasteiger partial charge on any atom is -0.481 e. The van der Waals surface area contributed by atoms with Crippen molar-refractivity contribution in [1.29, 1.82) is 0 Å². The average Bonchev–Trinajstić information content (AvgIpc) is 3.77. The van der Waals surface area contributed by atoms with E-state index in [9.17, 15) is 19.5 Å². The van der Waals surface area contributed by atoms with Gasteiger partial charge in [-0.2, -0.15) is 0 Å². The largest absolute Gasteiger partial charge is 0.481 e. The standard InChI is InChI=1S/C50H69N3O6/c1-28(2)38-34(54)26-50(43(58)53-46(7,8)42-51-27-33(52-42)29-15-13-12-14-16-29)24-23-48(10)30(39(38)50)17-18-36-47(9)21-20-37(45(5,6)35(47)19-22-49(36,48)11)59-41(57)32-25-31(40(55)56)44(32,3)4/h12-16,27-28,30-32,35-37H,17-26H2,1-11H3,(H,51,52)(H,53,58)(H,55,56)/t30-,31+,32-,35+,36-,37+,47+,48-,49-,50-/m1/s1. The number of ether oxygens (including phenoxy) is 1. The highest BCUT2D eigenvalue weighted by Crippen LogP contribution is 2.77. The molecule has 9 heteroatoms. The number of hydrogen-bond donors (Lipinski definition) is 3. The minimum absolute atomic E-state index is 0.00675. The first-order valence-electron chi connectivity index (χ1n) is 22.6. The number of aliphatic carboxylic acids is 1. The molecule has 6 aliphatic rings. The fourth-order valence-corrected chi connectivity index (χ4v) is 14.9. The molecule has 59 heavy (non-hydrogen) atoms. The number of hydrogen-bond acceptors (Lipinski definition) is 6. The first kappa shape index (κ1) is 42.0. The number of benzene rings is 1. The summed E-state index contributed by atoms with van der Waals surface area (Å²) < 4.78 is 6.43. The second kappa shape index (κ2) is 13.6. The number of H-pyrrole nitrogens is 1. The number of aromatic amines is 1. The summed E-state index contributed by atoms with van der Waals surface area (Å²) in [7, 11) is 0. The molecule has 9 nitrogen and oxygen atoms in total. The summed E-state index contributed by atoms with van der Waals surface area (Å²) in [4.78, 5) is 63.1. The number of Topliss-reactive ketones (excluding diaryl/α,β-unsaturated/α-hetero) is 1. The normalized spacial score (nSPS) is 38.3. The van der Waals surface area contributed by atoms with Gasteiger partial charge in [0.15, 0.2) is 5.78 Å². The fourth-order valence-electron chi connectivity index (χ4n) is 14.9. The van der Waals surface area contributed by atoms with Crippen molar-refractivity contribution in [3.05, 3.63) is 53.5 Å². The van der Waals surface area contributed by atoms with Crippen LogP contribution in [0.3, 0.4) is 0 Å². The molecule has 5 fully saturated rings. The summed E-state index contributed by atoms with van der Waals surface area (Å²) in [6.07, 6.45) is 9.59. The number of carbonyl (C=O) groups excluding carboxylic acids is 3. The van der Waals surface area contributed by atoms with E-state index in [1.807, 2.05) is 64.2 Å². The zero-order valence-corrected chi connectivity index (χ0v) is 37.5. The zero-order chi connectivity index (χ0) is 42.9. The Balaban J connectivity index is 1.06. The number of nitrogens with one attached hydrogen (secondary N) is 2. The number of nitrogens with zero attached hydrogens (tertiary/aromatic N) is 1. The number of aromatic nitrogens is 2. The number of rotatable bonds is 8. The van der Waals surface area contributed by atoms with Gasteiger partial charge in [0.25, 0.3) is 0 Å². The number of esters is 1. The van der Waals surface area contributed by atoms with Crippen LogP contribution in [0.4, 0.5) is 0 Å². The quantitative estimate of drug-likeness (QED) is 0.226. The van der Waals surface area contributed by atoms with E-state index in [1.165, 1.54) is 0 Å². The predicted molar refractivity (Wildman–Crippen MR) is 228 cm³/mol. The lowest BCUT2D eigenvalue weighted by Gasteiger charge is -2.72. The van der Waals surface area contributed by atoms with Gasteiger partial charge in [-0.05, 0) is 134 Å². The number of carboxylic acids is 1. The molecular formula is C50H69N3O6. The summed E-state index contributed by atoms with van der Waals surface area (Å²) in [5, 5.41) is 13.1. The van der Waals surface area contributed by atoms with E-state index in [0.29, 0.717) is 30.5 Å². The van der Waals surface area contributed by atoms with E-state index in [4.69, 9.17) is 9.72 Å². The van der Waals surface area contributed by atoms with Crippen molar-refractivity contribution in [1.82, 2.24) is 15.3 Å². The minimum atomic E-state index is -0.874. The molecule has 6 aliphatic carbocycles. The van der Waals surface area contributed by atoms with Gasteiger partial charge in [0, 0.05) is 11.8 Å². The van der Waals surface area contributed by atoms with Crippen LogP contribution in [0.25, 0.3) is 11.3 Å². The summed E-state index contributed by atoms with van der Waals surface area (Å²) in [5.41, 5.74) is 1.37. The molecule has 1 heterocycles. The van der Waals surface area contributed by atoms with E-state index < -0.39 is 34.2 Å². The van der Waals surface area contributed by atoms with Crippen LogP contribution in [0.1, 0.15) is 146 Å². The van der Waals surface area contributed by atoms with Gasteiger partial charge in [0.2, 0.25) is 5.91 Å². The van der Waals surface area contributed by atoms with Crippen LogP contribution in [0.5, 0.6) is 0 Å². The summed E-state index contributed by atoms with van der Waals surface area (Å²) in [6, 6.07) is 10.1. The van der Waals surface area contributed by atoms with E-state index in [0.717, 1.165) is 67.3 Å². The van der Waals surface area contributed by atoms with Crippen LogP contribution >= 0.6 is 0 Å². The van der Waals surface area contributed by atoms with Gasteiger partial charge in [-0.3, -0.25) is 19.2 Å². The highest BCUT2D eigenvalue weighted by atomic mass is 16.5. The maximum Gasteiger partial charge on any atom is 0.309 e. The Kier molecular flexibility index (Phi) is 9.69. The van der Waals surface area contributed by atoms with Crippen LogP contribution in [0.2, 0.25) is 0 Å². The van der Waals surface area contributed by atoms with Crippen molar-refractivity contribution < 1.29 is 29.0 Å². The maximum absolute atomic E-state index is 15.1.